The monoisotopic (exact) mass is 528 g/mol. The normalized spacial score (nSPS) is 17.6. The predicted molar refractivity (Wildman–Crippen MR) is 138 cm³/mol. The second-order valence-corrected chi connectivity index (χ2v) is 11.4. The summed E-state index contributed by atoms with van der Waals surface area (Å²) in [5, 5.41) is 6.89. The Balaban J connectivity index is 1.50. The van der Waals surface area contributed by atoms with Gasteiger partial charge in [0.15, 0.2) is 5.75 Å². The van der Waals surface area contributed by atoms with E-state index in [1.165, 1.54) is 23.7 Å². The number of rotatable bonds is 5. The molecule has 0 spiro atoms. The van der Waals surface area contributed by atoms with Crippen LogP contribution >= 0.6 is 11.3 Å². The molecular weight excluding hydrogens is 501 g/mol. The highest BCUT2D eigenvalue weighted by molar-refractivity contribution is 7.16. The van der Waals surface area contributed by atoms with Crippen LogP contribution in [0.3, 0.4) is 0 Å². The summed E-state index contributed by atoms with van der Waals surface area (Å²) in [5.74, 6) is 0.909. The van der Waals surface area contributed by atoms with Gasteiger partial charge in [-0.1, -0.05) is 6.07 Å². The lowest BCUT2D eigenvalue weighted by Crippen LogP contribution is -2.60. The summed E-state index contributed by atoms with van der Waals surface area (Å²) >= 11 is 1.50. The van der Waals surface area contributed by atoms with Gasteiger partial charge in [0.1, 0.15) is 23.4 Å². The van der Waals surface area contributed by atoms with Gasteiger partial charge in [-0.15, -0.1) is 11.3 Å². The van der Waals surface area contributed by atoms with Crippen molar-refractivity contribution in [1.29, 1.82) is 0 Å². The number of benzene rings is 1. The molecule has 4 heterocycles. The van der Waals surface area contributed by atoms with Gasteiger partial charge in [-0.05, 0) is 64.8 Å². The second-order valence-electron chi connectivity index (χ2n) is 10.5. The SMILES string of the molecule is CC1(C)CC(Nc2nc(C(F)(F)F)ccc2-c2cc(Oc3cccc4scnc34)ncn2)CC(C)(C)N1. The van der Waals surface area contributed by atoms with Gasteiger partial charge in [-0.3, -0.25) is 0 Å². The molecule has 1 fully saturated rings. The lowest BCUT2D eigenvalue weighted by Gasteiger charge is -2.46. The molecule has 11 heteroatoms. The smallest absolute Gasteiger partial charge is 0.433 e. The van der Waals surface area contributed by atoms with E-state index in [9.17, 15) is 13.2 Å². The van der Waals surface area contributed by atoms with Crippen LogP contribution in [-0.4, -0.2) is 37.1 Å². The van der Waals surface area contributed by atoms with E-state index in [4.69, 9.17) is 4.74 Å². The number of alkyl halides is 3. The highest BCUT2D eigenvalue weighted by atomic mass is 32.1. The van der Waals surface area contributed by atoms with Crippen LogP contribution in [0.4, 0.5) is 19.0 Å². The van der Waals surface area contributed by atoms with Gasteiger partial charge >= 0.3 is 6.18 Å². The number of piperidine rings is 1. The Morgan fingerprint density at radius 3 is 2.51 bits per heavy atom. The van der Waals surface area contributed by atoms with Gasteiger partial charge in [0.2, 0.25) is 5.88 Å². The zero-order chi connectivity index (χ0) is 26.4. The molecule has 194 valence electrons. The summed E-state index contributed by atoms with van der Waals surface area (Å²) < 4.78 is 47.7. The van der Waals surface area contributed by atoms with Crippen molar-refractivity contribution < 1.29 is 17.9 Å². The fourth-order valence-corrected chi connectivity index (χ4v) is 5.84. The first kappa shape index (κ1) is 25.3. The maximum Gasteiger partial charge on any atom is 0.433 e. The molecule has 1 aliphatic rings. The van der Waals surface area contributed by atoms with E-state index in [1.54, 1.807) is 17.6 Å². The summed E-state index contributed by atoms with van der Waals surface area (Å²) in [6, 6.07) is 9.45. The van der Waals surface area contributed by atoms with Crippen LogP contribution in [0.15, 0.2) is 48.2 Å². The molecule has 0 saturated carbocycles. The maximum atomic E-state index is 13.6. The zero-order valence-corrected chi connectivity index (χ0v) is 21.7. The van der Waals surface area contributed by atoms with Crippen molar-refractivity contribution >= 4 is 27.4 Å². The molecule has 1 saturated heterocycles. The molecule has 37 heavy (non-hydrogen) atoms. The molecule has 0 amide bonds. The number of para-hydroxylation sites is 1. The average Bonchev–Trinajstić information content (AvgIpc) is 3.26. The predicted octanol–water partition coefficient (Wildman–Crippen LogP) is 6.68. The molecule has 1 aliphatic heterocycles. The summed E-state index contributed by atoms with van der Waals surface area (Å²) in [4.78, 5) is 16.9. The number of pyridine rings is 1. The molecule has 0 atom stereocenters. The van der Waals surface area contributed by atoms with Gasteiger partial charge in [0.25, 0.3) is 0 Å². The molecule has 5 rings (SSSR count). The number of nitrogens with one attached hydrogen (secondary N) is 2. The summed E-state index contributed by atoms with van der Waals surface area (Å²) in [6.45, 7) is 8.33. The Labute approximate surface area is 216 Å². The maximum absolute atomic E-state index is 13.6. The van der Waals surface area contributed by atoms with E-state index in [2.05, 4.69) is 58.3 Å². The van der Waals surface area contributed by atoms with Gasteiger partial charge < -0.3 is 15.4 Å². The van der Waals surface area contributed by atoms with Gasteiger partial charge in [0.05, 0.1) is 15.9 Å². The summed E-state index contributed by atoms with van der Waals surface area (Å²) in [6.07, 6.45) is -1.83. The lowest BCUT2D eigenvalue weighted by molar-refractivity contribution is -0.141. The van der Waals surface area contributed by atoms with Crippen LogP contribution in [0.5, 0.6) is 11.6 Å². The molecule has 0 bridgehead atoms. The van der Waals surface area contributed by atoms with Crippen molar-refractivity contribution in [3.05, 3.63) is 53.9 Å². The summed E-state index contributed by atoms with van der Waals surface area (Å²) in [7, 11) is 0. The van der Waals surface area contributed by atoms with Crippen molar-refractivity contribution in [2.24, 2.45) is 0 Å². The van der Waals surface area contributed by atoms with Crippen LogP contribution < -0.4 is 15.4 Å². The Bertz CT molecular complexity index is 1420. The van der Waals surface area contributed by atoms with Crippen molar-refractivity contribution in [2.45, 2.75) is 63.8 Å². The second kappa shape index (κ2) is 9.21. The number of hydrogen-bond donors (Lipinski definition) is 2. The standard InChI is InChI=1S/C26H27F3N6OS/c1-24(2)11-15(12-25(3,4)35-24)33-23-16(8-9-20(34-23)26(27,28)29)17-10-21(31-13-30-17)36-18-6-5-7-19-22(18)32-14-37-19/h5-10,13-15,35H,11-12H2,1-4H3,(H,33,34). The molecule has 1 aromatic carbocycles. The van der Waals surface area contributed by atoms with Gasteiger partial charge in [0, 0.05) is 28.7 Å². The number of nitrogens with zero attached hydrogens (tertiary/aromatic N) is 4. The van der Waals surface area contributed by atoms with E-state index < -0.39 is 11.9 Å². The van der Waals surface area contributed by atoms with E-state index in [1.807, 2.05) is 12.1 Å². The Kier molecular flexibility index (Phi) is 6.31. The third-order valence-corrected chi connectivity index (χ3v) is 6.97. The third-order valence-electron chi connectivity index (χ3n) is 6.17. The Morgan fingerprint density at radius 2 is 1.78 bits per heavy atom. The number of ether oxygens (including phenoxy) is 1. The molecule has 0 unspecified atom stereocenters. The van der Waals surface area contributed by atoms with E-state index in [-0.39, 0.29) is 28.8 Å². The van der Waals surface area contributed by atoms with Crippen LogP contribution in [0.25, 0.3) is 21.5 Å². The van der Waals surface area contributed by atoms with E-state index in [0.717, 1.165) is 10.8 Å². The Morgan fingerprint density at radius 1 is 1.03 bits per heavy atom. The third kappa shape index (κ3) is 5.67. The number of halogens is 3. The number of thiazole rings is 1. The molecule has 0 aliphatic carbocycles. The number of fused-ring (bicyclic) bond motifs is 1. The fraction of sp³-hybridized carbons (Fsp3) is 0.385. The first-order valence-corrected chi connectivity index (χ1v) is 12.7. The fourth-order valence-electron chi connectivity index (χ4n) is 5.15. The Hall–Kier alpha value is -3.31. The van der Waals surface area contributed by atoms with Gasteiger partial charge in [-0.25, -0.2) is 19.9 Å². The molecular formula is C26H27F3N6OS. The van der Waals surface area contributed by atoms with Crippen molar-refractivity contribution in [1.82, 2.24) is 25.3 Å². The number of anilines is 1. The molecule has 2 N–H and O–H groups in total. The summed E-state index contributed by atoms with van der Waals surface area (Å²) in [5.41, 5.74) is 1.90. The van der Waals surface area contributed by atoms with E-state index in [0.29, 0.717) is 35.4 Å². The average molecular weight is 529 g/mol. The van der Waals surface area contributed by atoms with E-state index >= 15 is 0 Å². The lowest BCUT2D eigenvalue weighted by atomic mass is 9.79. The molecule has 4 aromatic rings. The van der Waals surface area contributed by atoms with Crippen molar-refractivity contribution in [3.63, 3.8) is 0 Å². The number of aromatic nitrogens is 4. The van der Waals surface area contributed by atoms with Crippen LogP contribution in [0.2, 0.25) is 0 Å². The number of hydrogen-bond acceptors (Lipinski definition) is 8. The minimum atomic E-state index is -4.58. The van der Waals surface area contributed by atoms with Crippen LogP contribution in [-0.2, 0) is 6.18 Å². The zero-order valence-electron chi connectivity index (χ0n) is 20.8. The molecule has 3 aromatic heterocycles. The largest absolute Gasteiger partial charge is 0.437 e. The highest BCUT2D eigenvalue weighted by Crippen LogP contribution is 2.37. The highest BCUT2D eigenvalue weighted by Gasteiger charge is 2.39. The topological polar surface area (TPSA) is 84.9 Å². The van der Waals surface area contributed by atoms with Crippen molar-refractivity contribution in [2.75, 3.05) is 5.32 Å². The quantitative estimate of drug-likeness (QED) is 0.299. The van der Waals surface area contributed by atoms with Gasteiger partial charge in [-0.2, -0.15) is 13.2 Å². The molecule has 7 nitrogen and oxygen atoms in total. The first-order valence-electron chi connectivity index (χ1n) is 11.9. The first-order chi connectivity index (χ1) is 17.4. The van der Waals surface area contributed by atoms with Crippen LogP contribution in [0.1, 0.15) is 46.2 Å². The molecule has 0 radical (unpaired) electrons. The van der Waals surface area contributed by atoms with Crippen molar-refractivity contribution in [3.8, 4) is 22.9 Å². The van der Waals surface area contributed by atoms with Crippen LogP contribution in [0, 0.1) is 0 Å². The minimum Gasteiger partial charge on any atom is -0.437 e. The minimum absolute atomic E-state index is 0.0965.